The monoisotopic (exact) mass is 423 g/mol. The van der Waals surface area contributed by atoms with Crippen molar-refractivity contribution in [1.29, 1.82) is 0 Å². The molecule has 0 aliphatic carbocycles. The van der Waals surface area contributed by atoms with Crippen LogP contribution in [-0.2, 0) is 14.3 Å². The highest BCUT2D eigenvalue weighted by molar-refractivity contribution is 6.35. The van der Waals surface area contributed by atoms with Crippen LogP contribution in [0, 0.1) is 0 Å². The lowest BCUT2D eigenvalue weighted by atomic mass is 10.1. The average Bonchev–Trinajstić information content (AvgIpc) is 2.68. The molecule has 0 spiro atoms. The minimum atomic E-state index is -1.04. The van der Waals surface area contributed by atoms with Gasteiger partial charge in [0.05, 0.1) is 24.9 Å². The van der Waals surface area contributed by atoms with E-state index in [1.54, 1.807) is 37.4 Å². The molecule has 0 heterocycles. The molecule has 0 saturated carbocycles. The van der Waals surface area contributed by atoms with Crippen molar-refractivity contribution >= 4 is 46.8 Å². The number of rotatable bonds is 7. The smallest absolute Gasteiger partial charge is 0.331 e. The summed E-state index contributed by atoms with van der Waals surface area (Å²) in [4.78, 5) is 24.2. The predicted octanol–water partition coefficient (Wildman–Crippen LogP) is 4.59. The summed E-state index contributed by atoms with van der Waals surface area (Å²) in [6, 6.07) is 9.82. The summed E-state index contributed by atoms with van der Waals surface area (Å²) in [7, 11) is 3.06. The minimum absolute atomic E-state index is 0.322. The van der Waals surface area contributed by atoms with Crippen molar-refractivity contribution in [2.24, 2.45) is 0 Å². The summed E-state index contributed by atoms with van der Waals surface area (Å²) in [6.07, 6.45) is 1.70. The zero-order valence-electron chi connectivity index (χ0n) is 15.5. The van der Waals surface area contributed by atoms with Gasteiger partial charge in [-0.05, 0) is 43.3 Å². The maximum absolute atomic E-state index is 12.2. The first-order chi connectivity index (χ1) is 13.3. The van der Waals surface area contributed by atoms with Gasteiger partial charge in [0.25, 0.3) is 5.91 Å². The summed E-state index contributed by atoms with van der Waals surface area (Å²) in [5, 5.41) is 3.31. The molecular weight excluding hydrogens is 405 g/mol. The number of halogens is 2. The van der Waals surface area contributed by atoms with Gasteiger partial charge in [-0.1, -0.05) is 23.2 Å². The number of nitrogens with one attached hydrogen (secondary N) is 1. The zero-order chi connectivity index (χ0) is 20.7. The zero-order valence-corrected chi connectivity index (χ0v) is 17.0. The second-order valence-corrected chi connectivity index (χ2v) is 6.48. The Bertz CT molecular complexity index is 898. The molecular formula is C20H19Cl2NO5. The average molecular weight is 424 g/mol. The van der Waals surface area contributed by atoms with Crippen LogP contribution in [0.15, 0.2) is 42.5 Å². The van der Waals surface area contributed by atoms with Gasteiger partial charge in [-0.25, -0.2) is 4.79 Å². The molecule has 1 amide bonds. The molecule has 0 saturated heterocycles. The third-order valence-corrected chi connectivity index (χ3v) is 4.25. The molecule has 2 aromatic rings. The van der Waals surface area contributed by atoms with Crippen LogP contribution in [0.1, 0.15) is 12.5 Å². The van der Waals surface area contributed by atoms with E-state index in [0.29, 0.717) is 32.8 Å². The first-order valence-electron chi connectivity index (χ1n) is 8.20. The summed E-state index contributed by atoms with van der Waals surface area (Å²) in [5.74, 6) is -0.0583. The van der Waals surface area contributed by atoms with Crippen molar-refractivity contribution in [2.45, 2.75) is 13.0 Å². The molecule has 0 bridgehead atoms. The van der Waals surface area contributed by atoms with Crippen molar-refractivity contribution in [3.05, 3.63) is 58.1 Å². The van der Waals surface area contributed by atoms with Crippen LogP contribution >= 0.6 is 23.2 Å². The van der Waals surface area contributed by atoms with Crippen LogP contribution in [-0.4, -0.2) is 32.2 Å². The van der Waals surface area contributed by atoms with E-state index in [-0.39, 0.29) is 0 Å². The van der Waals surface area contributed by atoms with E-state index < -0.39 is 18.0 Å². The van der Waals surface area contributed by atoms with Crippen LogP contribution in [0.3, 0.4) is 0 Å². The number of carbonyl (C=O) groups excluding carboxylic acids is 2. The quantitative estimate of drug-likeness (QED) is 0.520. The number of carbonyl (C=O) groups is 2. The molecule has 2 aromatic carbocycles. The molecule has 0 radical (unpaired) electrons. The number of ether oxygens (including phenoxy) is 3. The third-order valence-electron chi connectivity index (χ3n) is 3.69. The fourth-order valence-electron chi connectivity index (χ4n) is 2.21. The van der Waals surface area contributed by atoms with E-state index in [9.17, 15) is 9.59 Å². The van der Waals surface area contributed by atoms with E-state index in [4.69, 9.17) is 37.4 Å². The molecule has 1 atom stereocenters. The third kappa shape index (κ3) is 5.90. The molecule has 0 aliphatic heterocycles. The molecule has 28 heavy (non-hydrogen) atoms. The fraction of sp³-hybridized carbons (Fsp3) is 0.200. The summed E-state index contributed by atoms with van der Waals surface area (Å²) in [5.41, 5.74) is 0.989. The normalized spacial score (nSPS) is 11.8. The Hall–Kier alpha value is -2.70. The van der Waals surface area contributed by atoms with Gasteiger partial charge in [-0.15, -0.1) is 0 Å². The number of hydrogen-bond donors (Lipinski definition) is 1. The standard InChI is InChI=1S/C20H19Cl2NO5/c1-12(20(25)23-17-10-14(21)6-8-16(17)22)28-19(24)9-5-13-4-7-15(26-2)11-18(13)27-3/h4-12H,1-3H3,(H,23,25)/b9-5+. The number of anilines is 1. The lowest BCUT2D eigenvalue weighted by Crippen LogP contribution is -2.29. The van der Waals surface area contributed by atoms with Crippen LogP contribution in [0.25, 0.3) is 6.08 Å². The number of hydrogen-bond acceptors (Lipinski definition) is 5. The highest BCUT2D eigenvalue weighted by atomic mass is 35.5. The molecule has 2 rings (SSSR count). The van der Waals surface area contributed by atoms with Gasteiger partial charge < -0.3 is 19.5 Å². The predicted molar refractivity (Wildman–Crippen MR) is 109 cm³/mol. The van der Waals surface area contributed by atoms with Gasteiger partial charge in [-0.3, -0.25) is 4.79 Å². The van der Waals surface area contributed by atoms with E-state index >= 15 is 0 Å². The second kappa shape index (κ2) is 10.0. The van der Waals surface area contributed by atoms with Crippen molar-refractivity contribution in [3.63, 3.8) is 0 Å². The number of benzene rings is 2. The SMILES string of the molecule is COc1ccc(/C=C/C(=O)OC(C)C(=O)Nc2cc(Cl)ccc2Cl)c(OC)c1. The maximum Gasteiger partial charge on any atom is 0.331 e. The van der Waals surface area contributed by atoms with Gasteiger partial charge in [0.2, 0.25) is 0 Å². The van der Waals surface area contributed by atoms with Crippen molar-refractivity contribution in [3.8, 4) is 11.5 Å². The van der Waals surface area contributed by atoms with E-state index in [0.717, 1.165) is 0 Å². The Labute approximate surface area is 173 Å². The number of esters is 1. The highest BCUT2D eigenvalue weighted by Crippen LogP contribution is 2.26. The molecule has 148 valence electrons. The fourth-order valence-corrected chi connectivity index (χ4v) is 2.55. The summed E-state index contributed by atoms with van der Waals surface area (Å²) >= 11 is 11.9. The lowest BCUT2D eigenvalue weighted by molar-refractivity contribution is -0.148. The molecule has 0 aliphatic rings. The second-order valence-electron chi connectivity index (χ2n) is 5.63. The maximum atomic E-state index is 12.2. The number of amides is 1. The van der Waals surface area contributed by atoms with Gasteiger partial charge in [-0.2, -0.15) is 0 Å². The first kappa shape index (κ1) is 21.6. The van der Waals surface area contributed by atoms with Crippen molar-refractivity contribution in [2.75, 3.05) is 19.5 Å². The largest absolute Gasteiger partial charge is 0.497 e. The Morgan fingerprint density at radius 1 is 1.07 bits per heavy atom. The van der Waals surface area contributed by atoms with Gasteiger partial charge in [0.1, 0.15) is 11.5 Å². The van der Waals surface area contributed by atoms with Gasteiger partial charge in [0, 0.05) is 22.7 Å². The van der Waals surface area contributed by atoms with E-state index in [1.807, 2.05) is 0 Å². The Morgan fingerprint density at radius 3 is 2.50 bits per heavy atom. The summed E-state index contributed by atoms with van der Waals surface area (Å²) in [6.45, 7) is 1.45. The van der Waals surface area contributed by atoms with E-state index in [1.165, 1.54) is 32.3 Å². The first-order valence-corrected chi connectivity index (χ1v) is 8.96. The molecule has 6 nitrogen and oxygen atoms in total. The molecule has 8 heteroatoms. The Balaban J connectivity index is 1.99. The van der Waals surface area contributed by atoms with Crippen molar-refractivity contribution in [1.82, 2.24) is 0 Å². The van der Waals surface area contributed by atoms with Crippen LogP contribution in [0.2, 0.25) is 10.0 Å². The topological polar surface area (TPSA) is 73.9 Å². The van der Waals surface area contributed by atoms with Crippen LogP contribution in [0.4, 0.5) is 5.69 Å². The van der Waals surface area contributed by atoms with Gasteiger partial charge >= 0.3 is 5.97 Å². The minimum Gasteiger partial charge on any atom is -0.497 e. The number of methoxy groups -OCH3 is 2. The highest BCUT2D eigenvalue weighted by Gasteiger charge is 2.18. The lowest BCUT2D eigenvalue weighted by Gasteiger charge is -2.13. The molecule has 0 fully saturated rings. The summed E-state index contributed by atoms with van der Waals surface area (Å²) < 4.78 is 15.5. The molecule has 0 aromatic heterocycles. The van der Waals surface area contributed by atoms with Crippen molar-refractivity contribution < 1.29 is 23.8 Å². The molecule has 1 unspecified atom stereocenters. The van der Waals surface area contributed by atoms with Crippen LogP contribution in [0.5, 0.6) is 11.5 Å². The van der Waals surface area contributed by atoms with Crippen LogP contribution < -0.4 is 14.8 Å². The molecule has 1 N–H and O–H groups in total. The van der Waals surface area contributed by atoms with E-state index in [2.05, 4.69) is 5.32 Å². The Kier molecular flexibility index (Phi) is 7.72. The Morgan fingerprint density at radius 2 is 1.82 bits per heavy atom. The van der Waals surface area contributed by atoms with Gasteiger partial charge in [0.15, 0.2) is 6.10 Å².